The van der Waals surface area contributed by atoms with Crippen molar-refractivity contribution in [3.63, 3.8) is 0 Å². The molecule has 2 aromatic heterocycles. The summed E-state index contributed by atoms with van der Waals surface area (Å²) in [7, 11) is 0. The van der Waals surface area contributed by atoms with Crippen molar-refractivity contribution in [2.75, 3.05) is 26.3 Å². The first kappa shape index (κ1) is 20.7. The van der Waals surface area contributed by atoms with Crippen LogP contribution in [0.15, 0.2) is 46.4 Å². The molecule has 0 bridgehead atoms. The zero-order valence-electron chi connectivity index (χ0n) is 16.8. The summed E-state index contributed by atoms with van der Waals surface area (Å²) in [6, 6.07) is 8.60. The Labute approximate surface area is 178 Å². The number of oxazole rings is 1. The Morgan fingerprint density at radius 1 is 1.17 bits per heavy atom. The van der Waals surface area contributed by atoms with Crippen molar-refractivity contribution < 1.29 is 18.3 Å². The Balaban J connectivity index is 1.48. The van der Waals surface area contributed by atoms with Crippen molar-refractivity contribution in [2.45, 2.75) is 26.6 Å². The molecule has 30 heavy (non-hydrogen) atoms. The van der Waals surface area contributed by atoms with Gasteiger partial charge in [-0.3, -0.25) is 9.69 Å². The van der Waals surface area contributed by atoms with Gasteiger partial charge in [0.15, 0.2) is 5.69 Å². The second-order valence-corrected chi connectivity index (χ2v) is 8.33. The SMILES string of the molecule is Cc1ccsc1CN(Cc1ccc(F)cc1)Cc1nc(C(=O)N2CCOCC2)co1. The molecule has 1 amide bonds. The zero-order valence-corrected chi connectivity index (χ0v) is 17.7. The van der Waals surface area contributed by atoms with Gasteiger partial charge < -0.3 is 14.1 Å². The van der Waals surface area contributed by atoms with Crippen LogP contribution in [0.1, 0.15) is 32.4 Å². The maximum atomic E-state index is 13.3. The van der Waals surface area contributed by atoms with E-state index in [9.17, 15) is 9.18 Å². The number of thiophene rings is 1. The highest BCUT2D eigenvalue weighted by Crippen LogP contribution is 2.21. The standard InChI is InChI=1S/C22H24FN3O3S/c1-16-6-11-30-20(16)13-25(12-17-2-4-18(23)5-3-17)14-21-24-19(15-29-21)22(27)26-7-9-28-10-8-26/h2-6,11,15H,7-10,12-14H2,1H3. The third-order valence-corrected chi connectivity index (χ3v) is 6.09. The smallest absolute Gasteiger partial charge is 0.275 e. The molecule has 0 atom stereocenters. The number of carbonyl (C=O) groups is 1. The number of carbonyl (C=O) groups excluding carboxylic acids is 1. The third-order valence-electron chi connectivity index (χ3n) is 5.08. The lowest BCUT2D eigenvalue weighted by molar-refractivity contribution is 0.0299. The molecular formula is C22H24FN3O3S. The summed E-state index contributed by atoms with van der Waals surface area (Å²) in [5, 5.41) is 2.07. The second-order valence-electron chi connectivity index (χ2n) is 7.33. The Kier molecular flexibility index (Phi) is 6.56. The molecule has 1 fully saturated rings. The van der Waals surface area contributed by atoms with E-state index >= 15 is 0 Å². The summed E-state index contributed by atoms with van der Waals surface area (Å²) in [4.78, 5) is 22.2. The van der Waals surface area contributed by atoms with E-state index in [0.29, 0.717) is 51.0 Å². The molecule has 6 nitrogen and oxygen atoms in total. The fourth-order valence-electron chi connectivity index (χ4n) is 3.39. The predicted molar refractivity (Wildman–Crippen MR) is 112 cm³/mol. The minimum absolute atomic E-state index is 0.132. The van der Waals surface area contributed by atoms with E-state index < -0.39 is 0 Å². The lowest BCUT2D eigenvalue weighted by atomic mass is 10.2. The summed E-state index contributed by atoms with van der Waals surface area (Å²) in [5.74, 6) is 0.105. The van der Waals surface area contributed by atoms with Gasteiger partial charge >= 0.3 is 0 Å². The van der Waals surface area contributed by atoms with Crippen LogP contribution in [-0.2, 0) is 24.4 Å². The first-order chi connectivity index (χ1) is 14.6. The van der Waals surface area contributed by atoms with Crippen molar-refractivity contribution in [3.8, 4) is 0 Å². The van der Waals surface area contributed by atoms with Gasteiger partial charge in [-0.05, 0) is 41.6 Å². The number of hydrogen-bond donors (Lipinski definition) is 0. The number of ether oxygens (including phenoxy) is 1. The Morgan fingerprint density at radius 3 is 2.63 bits per heavy atom. The van der Waals surface area contributed by atoms with Gasteiger partial charge in [0.25, 0.3) is 5.91 Å². The van der Waals surface area contributed by atoms with Crippen LogP contribution in [0.4, 0.5) is 4.39 Å². The van der Waals surface area contributed by atoms with Gasteiger partial charge in [0, 0.05) is 31.1 Å². The summed E-state index contributed by atoms with van der Waals surface area (Å²) in [6.07, 6.45) is 1.43. The van der Waals surface area contributed by atoms with E-state index in [1.807, 2.05) is 0 Å². The molecule has 8 heteroatoms. The summed E-state index contributed by atoms with van der Waals surface area (Å²) < 4.78 is 24.2. The normalized spacial score (nSPS) is 14.4. The van der Waals surface area contributed by atoms with Gasteiger partial charge in [-0.2, -0.15) is 0 Å². The molecule has 0 unspecified atom stereocenters. The lowest BCUT2D eigenvalue weighted by Gasteiger charge is -2.25. The monoisotopic (exact) mass is 429 g/mol. The van der Waals surface area contributed by atoms with E-state index in [1.165, 1.54) is 28.8 Å². The van der Waals surface area contributed by atoms with Gasteiger partial charge in [-0.15, -0.1) is 11.3 Å². The molecule has 0 N–H and O–H groups in total. The topological polar surface area (TPSA) is 58.8 Å². The van der Waals surface area contributed by atoms with E-state index in [2.05, 4.69) is 28.3 Å². The number of halogens is 1. The van der Waals surface area contributed by atoms with Gasteiger partial charge in [-0.1, -0.05) is 12.1 Å². The average molecular weight is 430 g/mol. The molecule has 0 saturated carbocycles. The van der Waals surface area contributed by atoms with Crippen molar-refractivity contribution in [3.05, 3.63) is 75.4 Å². The van der Waals surface area contributed by atoms with E-state index in [0.717, 1.165) is 12.1 Å². The van der Waals surface area contributed by atoms with E-state index in [4.69, 9.17) is 9.15 Å². The molecule has 0 spiro atoms. The number of aromatic nitrogens is 1. The van der Waals surface area contributed by atoms with Gasteiger partial charge in [0.05, 0.1) is 19.8 Å². The van der Waals surface area contributed by atoms with Gasteiger partial charge in [0.2, 0.25) is 5.89 Å². The highest BCUT2D eigenvalue weighted by Gasteiger charge is 2.22. The molecule has 3 aromatic rings. The molecule has 158 valence electrons. The fourth-order valence-corrected chi connectivity index (χ4v) is 4.33. The molecule has 1 aromatic carbocycles. The van der Waals surface area contributed by atoms with Gasteiger partial charge in [-0.25, -0.2) is 9.37 Å². The molecule has 1 aliphatic heterocycles. The molecule has 3 heterocycles. The van der Waals surface area contributed by atoms with Crippen LogP contribution < -0.4 is 0 Å². The fraction of sp³-hybridized carbons (Fsp3) is 0.364. The Hall–Kier alpha value is -2.55. The minimum Gasteiger partial charge on any atom is -0.447 e. The predicted octanol–water partition coefficient (Wildman–Crippen LogP) is 3.86. The van der Waals surface area contributed by atoms with Crippen LogP contribution >= 0.6 is 11.3 Å². The molecule has 1 saturated heterocycles. The first-order valence-electron chi connectivity index (χ1n) is 9.89. The highest BCUT2D eigenvalue weighted by molar-refractivity contribution is 7.10. The third kappa shape index (κ3) is 5.13. The second kappa shape index (κ2) is 9.51. The molecule has 1 aliphatic rings. The largest absolute Gasteiger partial charge is 0.447 e. The maximum absolute atomic E-state index is 13.3. The number of aryl methyl sites for hydroxylation is 1. The van der Waals surface area contributed by atoms with E-state index in [1.54, 1.807) is 28.4 Å². The molecule has 0 aliphatic carbocycles. The Bertz CT molecular complexity index is 980. The number of nitrogens with zero attached hydrogens (tertiary/aromatic N) is 3. The Morgan fingerprint density at radius 2 is 1.93 bits per heavy atom. The number of morpholine rings is 1. The lowest BCUT2D eigenvalue weighted by Crippen LogP contribution is -2.40. The van der Waals surface area contributed by atoms with E-state index in [-0.39, 0.29) is 11.7 Å². The summed E-state index contributed by atoms with van der Waals surface area (Å²) >= 11 is 1.71. The number of amides is 1. The van der Waals surface area contributed by atoms with Crippen LogP contribution in [0.3, 0.4) is 0 Å². The van der Waals surface area contributed by atoms with Crippen LogP contribution in [0.5, 0.6) is 0 Å². The van der Waals surface area contributed by atoms with Crippen LogP contribution in [0, 0.1) is 12.7 Å². The number of hydrogen-bond acceptors (Lipinski definition) is 6. The van der Waals surface area contributed by atoms with Crippen molar-refractivity contribution >= 4 is 17.2 Å². The molecule has 4 rings (SSSR count). The average Bonchev–Trinajstić information content (AvgIpc) is 3.39. The van der Waals surface area contributed by atoms with Crippen molar-refractivity contribution in [2.24, 2.45) is 0 Å². The summed E-state index contributed by atoms with van der Waals surface area (Å²) in [6.45, 7) is 6.09. The van der Waals surface area contributed by atoms with Crippen LogP contribution in [0.2, 0.25) is 0 Å². The molecule has 0 radical (unpaired) electrons. The maximum Gasteiger partial charge on any atom is 0.275 e. The number of rotatable bonds is 7. The van der Waals surface area contributed by atoms with Crippen molar-refractivity contribution in [1.29, 1.82) is 0 Å². The van der Waals surface area contributed by atoms with Gasteiger partial charge in [0.1, 0.15) is 12.1 Å². The zero-order chi connectivity index (χ0) is 20.9. The minimum atomic E-state index is -0.252. The van der Waals surface area contributed by atoms with Crippen LogP contribution in [0.25, 0.3) is 0 Å². The highest BCUT2D eigenvalue weighted by atomic mass is 32.1. The first-order valence-corrected chi connectivity index (χ1v) is 10.8. The number of benzene rings is 1. The van der Waals surface area contributed by atoms with Crippen molar-refractivity contribution in [1.82, 2.24) is 14.8 Å². The van der Waals surface area contributed by atoms with Crippen LogP contribution in [-0.4, -0.2) is 47.0 Å². The summed E-state index contributed by atoms with van der Waals surface area (Å²) in [5.41, 5.74) is 2.56. The molecular weight excluding hydrogens is 405 g/mol. The quantitative estimate of drug-likeness (QED) is 0.571.